The molecule has 0 amide bonds. The fourth-order valence-electron chi connectivity index (χ4n) is 2.97. The van der Waals surface area contributed by atoms with Gasteiger partial charge in [-0.25, -0.2) is 14.5 Å². The molecule has 0 aliphatic rings. The number of rotatable bonds is 3. The lowest BCUT2D eigenvalue weighted by Gasteiger charge is -2.12. The van der Waals surface area contributed by atoms with Gasteiger partial charge in [0.15, 0.2) is 5.82 Å². The van der Waals surface area contributed by atoms with Crippen molar-refractivity contribution in [1.29, 1.82) is 0 Å². The van der Waals surface area contributed by atoms with Crippen molar-refractivity contribution in [2.75, 3.05) is 5.75 Å². The third-order valence-corrected chi connectivity index (χ3v) is 5.23. The van der Waals surface area contributed by atoms with Gasteiger partial charge in [-0.05, 0) is 24.8 Å². The highest BCUT2D eigenvalue weighted by atomic mass is 35.5. The number of hydrogen-bond donors (Lipinski definition) is 0. The van der Waals surface area contributed by atoms with E-state index in [9.17, 15) is 13.2 Å². The predicted octanol–water partition coefficient (Wildman–Crippen LogP) is 5.30. The zero-order chi connectivity index (χ0) is 19.3. The van der Waals surface area contributed by atoms with E-state index in [4.69, 9.17) is 11.6 Å². The lowest BCUT2D eigenvalue weighted by Crippen LogP contribution is -2.18. The molecule has 10 heteroatoms. The quantitative estimate of drug-likeness (QED) is 0.429. The molecule has 0 bridgehead atoms. The molecule has 0 unspecified atom stereocenters. The van der Waals surface area contributed by atoms with Gasteiger partial charge in [-0.15, -0.1) is 24.9 Å². The molecule has 4 aromatic heterocycles. The fourth-order valence-corrected chi connectivity index (χ4v) is 3.96. The zero-order valence-corrected chi connectivity index (χ0v) is 15.8. The van der Waals surface area contributed by atoms with Crippen LogP contribution in [0.2, 0.25) is 5.02 Å². The minimum atomic E-state index is -4.65. The van der Waals surface area contributed by atoms with Crippen LogP contribution in [0.1, 0.15) is 12.6 Å². The maximum atomic E-state index is 13.9. The lowest BCUT2D eigenvalue weighted by atomic mass is 10.3. The highest BCUT2D eigenvalue weighted by Crippen LogP contribution is 2.38. The Morgan fingerprint density at radius 3 is 2.70 bits per heavy atom. The first-order chi connectivity index (χ1) is 12.8. The molecule has 0 aromatic carbocycles. The molecule has 27 heavy (non-hydrogen) atoms. The molecule has 140 valence electrons. The summed E-state index contributed by atoms with van der Waals surface area (Å²) in [5.41, 5.74) is 1.20. The van der Waals surface area contributed by atoms with Gasteiger partial charge in [-0.1, -0.05) is 18.5 Å². The predicted molar refractivity (Wildman–Crippen MR) is 99.2 cm³/mol. The molecular formula is C17H13ClF3N5S. The van der Waals surface area contributed by atoms with Crippen LogP contribution in [0.15, 0.2) is 35.6 Å². The summed E-state index contributed by atoms with van der Waals surface area (Å²) in [4.78, 5) is 12.7. The molecule has 0 aliphatic heterocycles. The maximum Gasteiger partial charge on any atom is 0.490 e. The lowest BCUT2D eigenvalue weighted by molar-refractivity contribution is -0.199. The first-order valence-electron chi connectivity index (χ1n) is 8.03. The average molecular weight is 412 g/mol. The molecule has 4 aromatic rings. The average Bonchev–Trinajstić information content (AvgIpc) is 3.14. The Morgan fingerprint density at radius 2 is 2.00 bits per heavy atom. The molecule has 0 atom stereocenters. The van der Waals surface area contributed by atoms with Gasteiger partial charge in [0.2, 0.25) is 0 Å². The van der Waals surface area contributed by atoms with Crippen LogP contribution in [0.3, 0.4) is 0 Å². The van der Waals surface area contributed by atoms with Gasteiger partial charge in [0.25, 0.3) is 0 Å². The Bertz CT molecular complexity index is 1160. The summed E-state index contributed by atoms with van der Waals surface area (Å²) in [6.07, 6.45) is -1.62. The van der Waals surface area contributed by atoms with E-state index in [1.165, 1.54) is 24.0 Å². The zero-order valence-electron chi connectivity index (χ0n) is 14.3. The monoisotopic (exact) mass is 411 g/mol. The first-order valence-corrected chi connectivity index (χ1v) is 9.39. The Morgan fingerprint density at radius 1 is 1.22 bits per heavy atom. The van der Waals surface area contributed by atoms with Crippen molar-refractivity contribution in [3.63, 3.8) is 0 Å². The summed E-state index contributed by atoms with van der Waals surface area (Å²) in [7, 11) is 0. The van der Waals surface area contributed by atoms with Crippen LogP contribution in [0.25, 0.3) is 28.2 Å². The topological polar surface area (TPSA) is 48.0 Å². The van der Waals surface area contributed by atoms with E-state index in [0.29, 0.717) is 27.1 Å². The van der Waals surface area contributed by atoms with E-state index in [2.05, 4.69) is 15.0 Å². The van der Waals surface area contributed by atoms with Gasteiger partial charge in [-0.2, -0.15) is 0 Å². The molecular weight excluding hydrogens is 399 g/mol. The molecule has 5 nitrogen and oxygen atoms in total. The van der Waals surface area contributed by atoms with E-state index in [1.807, 2.05) is 6.92 Å². The SMILES string of the molecule is CCSc1c(-c2nc3c(C)nccc3n2C(F)(F)F)nc2cc(Cl)ccn12. The van der Waals surface area contributed by atoms with Crippen molar-refractivity contribution in [3.8, 4) is 11.5 Å². The van der Waals surface area contributed by atoms with E-state index in [1.54, 1.807) is 29.7 Å². The van der Waals surface area contributed by atoms with Gasteiger partial charge in [-0.3, -0.25) is 9.38 Å². The van der Waals surface area contributed by atoms with Gasteiger partial charge in [0, 0.05) is 23.5 Å². The molecule has 0 aliphatic carbocycles. The van der Waals surface area contributed by atoms with Crippen molar-refractivity contribution in [1.82, 2.24) is 23.9 Å². The molecule has 4 rings (SSSR count). The van der Waals surface area contributed by atoms with Crippen molar-refractivity contribution in [3.05, 3.63) is 41.3 Å². The number of nitrogens with zero attached hydrogens (tertiary/aromatic N) is 5. The number of pyridine rings is 2. The summed E-state index contributed by atoms with van der Waals surface area (Å²) in [5.74, 6) is 0.403. The molecule has 4 heterocycles. The Kier molecular flexibility index (Phi) is 4.31. The summed E-state index contributed by atoms with van der Waals surface area (Å²) < 4.78 is 43.7. The largest absolute Gasteiger partial charge is 0.490 e. The number of thioether (sulfide) groups is 1. The summed E-state index contributed by atoms with van der Waals surface area (Å²) in [6, 6.07) is 4.59. The second-order valence-corrected chi connectivity index (χ2v) is 7.46. The van der Waals surface area contributed by atoms with Gasteiger partial charge < -0.3 is 0 Å². The summed E-state index contributed by atoms with van der Waals surface area (Å²) in [5, 5.41) is 1.03. The van der Waals surface area contributed by atoms with Crippen LogP contribution < -0.4 is 0 Å². The molecule has 0 fully saturated rings. The van der Waals surface area contributed by atoms with Crippen molar-refractivity contribution < 1.29 is 13.2 Å². The molecule has 0 radical (unpaired) electrons. The molecule has 0 N–H and O–H groups in total. The highest BCUT2D eigenvalue weighted by Gasteiger charge is 2.38. The van der Waals surface area contributed by atoms with E-state index >= 15 is 0 Å². The smallest absolute Gasteiger partial charge is 0.294 e. The van der Waals surface area contributed by atoms with Crippen LogP contribution in [-0.4, -0.2) is 29.7 Å². The van der Waals surface area contributed by atoms with Crippen LogP contribution in [0, 0.1) is 6.92 Å². The van der Waals surface area contributed by atoms with Gasteiger partial charge in [0.05, 0.1) is 11.2 Å². The number of imidazole rings is 2. The molecule has 0 saturated carbocycles. The minimum absolute atomic E-state index is 0.0486. The number of halogens is 4. The van der Waals surface area contributed by atoms with E-state index in [0.717, 1.165) is 0 Å². The van der Waals surface area contributed by atoms with Crippen LogP contribution >= 0.6 is 23.4 Å². The third-order valence-electron chi connectivity index (χ3n) is 4.05. The van der Waals surface area contributed by atoms with Crippen molar-refractivity contribution in [2.24, 2.45) is 0 Å². The number of aryl methyl sites for hydroxylation is 1. The fraction of sp³-hybridized carbons (Fsp3) is 0.235. The van der Waals surface area contributed by atoms with Crippen molar-refractivity contribution in [2.45, 2.75) is 25.2 Å². The number of aromatic nitrogens is 5. The summed E-state index contributed by atoms with van der Waals surface area (Å²) >= 11 is 7.42. The number of fused-ring (bicyclic) bond motifs is 2. The Hall–Kier alpha value is -2.26. The summed E-state index contributed by atoms with van der Waals surface area (Å²) in [6.45, 7) is 3.55. The highest BCUT2D eigenvalue weighted by molar-refractivity contribution is 7.99. The second-order valence-electron chi connectivity index (χ2n) is 5.77. The normalized spacial score (nSPS) is 12.4. The number of hydrogen-bond acceptors (Lipinski definition) is 4. The minimum Gasteiger partial charge on any atom is -0.294 e. The second kappa shape index (κ2) is 6.42. The van der Waals surface area contributed by atoms with Crippen LogP contribution in [-0.2, 0) is 6.30 Å². The van der Waals surface area contributed by atoms with Crippen molar-refractivity contribution >= 4 is 40.0 Å². The Labute approximate surface area is 161 Å². The number of alkyl halides is 3. The third kappa shape index (κ3) is 2.94. The Balaban J connectivity index is 2.11. The molecule has 0 spiro atoms. The van der Waals surface area contributed by atoms with E-state index in [-0.39, 0.29) is 27.1 Å². The first kappa shape index (κ1) is 18.1. The van der Waals surface area contributed by atoms with Crippen LogP contribution in [0.4, 0.5) is 13.2 Å². The van der Waals surface area contributed by atoms with Gasteiger partial charge in [0.1, 0.15) is 21.9 Å². The maximum absolute atomic E-state index is 13.9. The van der Waals surface area contributed by atoms with Crippen LogP contribution in [0.5, 0.6) is 0 Å². The van der Waals surface area contributed by atoms with Gasteiger partial charge >= 0.3 is 6.30 Å². The van der Waals surface area contributed by atoms with E-state index < -0.39 is 6.30 Å². The standard InChI is InChI=1S/C17H13ClF3N5S/c1-3-27-16-14(23-12-8-10(18)5-7-25(12)16)15-24-13-9(2)22-6-4-11(13)26(15)17(19,20)21/h4-8H,3H2,1-2H3. The molecule has 0 saturated heterocycles.